The van der Waals surface area contributed by atoms with Gasteiger partial charge in [-0.3, -0.25) is 9.59 Å². The highest BCUT2D eigenvalue weighted by Crippen LogP contribution is 1.80. The van der Waals surface area contributed by atoms with Crippen LogP contribution < -0.4 is 21.5 Å². The van der Waals surface area contributed by atoms with Gasteiger partial charge < -0.3 is 26.3 Å². The molecule has 0 aromatic heterocycles. The molecule has 2 amide bonds. The molecule has 0 aliphatic rings. The summed E-state index contributed by atoms with van der Waals surface area (Å²) < 4.78 is 0. The largest absolute Gasteiger partial charge is 0.548 e. The van der Waals surface area contributed by atoms with Crippen molar-refractivity contribution in [3.63, 3.8) is 0 Å². The van der Waals surface area contributed by atoms with Crippen molar-refractivity contribution >= 4 is 17.8 Å². The molecule has 0 aliphatic heterocycles. The van der Waals surface area contributed by atoms with E-state index < -0.39 is 24.5 Å². The van der Waals surface area contributed by atoms with E-state index in [4.69, 9.17) is 0 Å². The molecule has 0 bridgehead atoms. The topological polar surface area (TPSA) is 126 Å². The van der Waals surface area contributed by atoms with Gasteiger partial charge >= 0.3 is 0 Å². The monoisotopic (exact) mass is 203 g/mol. The summed E-state index contributed by atoms with van der Waals surface area (Å²) in [4.78, 5) is 31.8. The maximum Gasteiger partial charge on any atom is 0.275 e. The Morgan fingerprint density at radius 3 is 2.43 bits per heavy atom. The number of nitrogens with one attached hydrogen (secondary N) is 2. The summed E-state index contributed by atoms with van der Waals surface area (Å²) in [5.41, 5.74) is 3.32. The maximum absolute atomic E-state index is 11.1. The third-order valence-electron chi connectivity index (χ3n) is 1.40. The summed E-state index contributed by atoms with van der Waals surface area (Å²) in [7, 11) is 0. The van der Waals surface area contributed by atoms with Crippen LogP contribution >= 0.6 is 0 Å². The van der Waals surface area contributed by atoms with E-state index in [1.165, 1.54) is 6.92 Å². The minimum absolute atomic E-state index is 0.0259. The van der Waals surface area contributed by atoms with E-state index in [1.807, 2.05) is 0 Å². The molecule has 0 spiro atoms. The fourth-order valence-electron chi connectivity index (χ4n) is 0.692. The number of carbonyl (C=O) groups excluding carboxylic acids is 3. The third kappa shape index (κ3) is 5.09. The zero-order valence-corrected chi connectivity index (χ0v) is 7.83. The molecule has 1 atom stereocenters. The number of aliphatic carboxylic acids is 1. The van der Waals surface area contributed by atoms with E-state index in [2.05, 4.69) is 16.4 Å². The minimum atomic E-state index is -1.38. The van der Waals surface area contributed by atoms with E-state index in [1.54, 1.807) is 0 Å². The first-order chi connectivity index (χ1) is 6.47. The summed E-state index contributed by atoms with van der Waals surface area (Å²) >= 11 is 0. The molecule has 0 fully saturated rings. The Hall–Kier alpha value is -1.63. The van der Waals surface area contributed by atoms with Crippen molar-refractivity contribution in [2.75, 3.05) is 13.1 Å². The van der Waals surface area contributed by atoms with Gasteiger partial charge in [-0.1, -0.05) is 0 Å². The summed E-state index contributed by atoms with van der Waals surface area (Å²) in [5, 5.41) is 14.4. The van der Waals surface area contributed by atoms with Crippen molar-refractivity contribution in [1.82, 2.24) is 10.6 Å². The van der Waals surface area contributed by atoms with Crippen LogP contribution in [0.2, 0.25) is 0 Å². The Bertz CT molecular complexity index is 241. The van der Waals surface area contributed by atoms with E-state index in [0.29, 0.717) is 0 Å². The number of carbonyl (C=O) groups is 3. The molecule has 5 N–H and O–H groups in total. The van der Waals surface area contributed by atoms with Crippen LogP contribution in [0, 0.1) is 0 Å². The van der Waals surface area contributed by atoms with Crippen LogP contribution in [-0.4, -0.2) is 36.9 Å². The smallest absolute Gasteiger partial charge is 0.275 e. The molecule has 0 radical (unpaired) electrons. The second-order valence-corrected chi connectivity index (χ2v) is 2.63. The number of amides is 2. The quantitative estimate of drug-likeness (QED) is 0.417. The highest BCUT2D eigenvalue weighted by molar-refractivity contribution is 5.88. The maximum atomic E-state index is 11.1. The minimum Gasteiger partial charge on any atom is -0.548 e. The predicted molar refractivity (Wildman–Crippen MR) is 43.4 cm³/mol. The highest BCUT2D eigenvalue weighted by Gasteiger charge is 2.14. The van der Waals surface area contributed by atoms with Crippen molar-refractivity contribution in [2.45, 2.75) is 13.0 Å². The van der Waals surface area contributed by atoms with Crippen LogP contribution in [0.5, 0.6) is 0 Å². The summed E-state index contributed by atoms with van der Waals surface area (Å²) in [6, 6.07) is -0.774. The summed E-state index contributed by atoms with van der Waals surface area (Å²) in [6.07, 6.45) is 0. The average molecular weight is 203 g/mol. The lowest BCUT2D eigenvalue weighted by Gasteiger charge is -2.12. The van der Waals surface area contributed by atoms with Crippen LogP contribution in [0.15, 0.2) is 0 Å². The van der Waals surface area contributed by atoms with Crippen molar-refractivity contribution in [3.8, 4) is 0 Å². The number of hydrogen-bond acceptors (Lipinski definition) is 4. The Kier molecular flexibility index (Phi) is 5.23. The second kappa shape index (κ2) is 5.92. The third-order valence-corrected chi connectivity index (χ3v) is 1.40. The molecule has 0 aromatic carbocycles. The molecule has 0 aromatic rings. The van der Waals surface area contributed by atoms with Crippen LogP contribution in [0.1, 0.15) is 6.92 Å². The second-order valence-electron chi connectivity index (χ2n) is 2.63. The molecule has 0 heterocycles. The lowest BCUT2D eigenvalue weighted by Crippen LogP contribution is -2.59. The van der Waals surface area contributed by atoms with Gasteiger partial charge in [0.2, 0.25) is 5.91 Å². The number of hydrogen-bond donors (Lipinski definition) is 3. The van der Waals surface area contributed by atoms with Crippen molar-refractivity contribution < 1.29 is 25.2 Å². The standard InChI is InChI=1S/C7H13N3O4/c1-4(10-5(11)2-8)7(14)9-3-6(12)13/h4H,2-3,8H2,1H3,(H,9,14)(H,10,11)(H,12,13). The molecule has 7 heteroatoms. The zero-order chi connectivity index (χ0) is 11.1. The Morgan fingerprint density at radius 1 is 1.43 bits per heavy atom. The van der Waals surface area contributed by atoms with E-state index >= 15 is 0 Å². The van der Waals surface area contributed by atoms with Crippen LogP contribution in [0.3, 0.4) is 0 Å². The van der Waals surface area contributed by atoms with E-state index in [9.17, 15) is 19.5 Å². The first-order valence-corrected chi connectivity index (χ1v) is 4.03. The van der Waals surface area contributed by atoms with Gasteiger partial charge in [0, 0.05) is 0 Å². The Morgan fingerprint density at radius 2 is 2.00 bits per heavy atom. The Labute approximate surface area is 80.6 Å². The van der Waals surface area contributed by atoms with E-state index in [0.717, 1.165) is 0 Å². The Balaban J connectivity index is 3.87. The lowest BCUT2D eigenvalue weighted by atomic mass is 10.3. The van der Waals surface area contributed by atoms with Gasteiger partial charge in [-0.25, -0.2) is 0 Å². The molecule has 80 valence electrons. The van der Waals surface area contributed by atoms with E-state index in [-0.39, 0.29) is 12.5 Å². The molecule has 7 nitrogen and oxygen atoms in total. The first-order valence-electron chi connectivity index (χ1n) is 4.03. The number of carboxylic acid groups (broad SMARTS) is 1. The van der Waals surface area contributed by atoms with Crippen molar-refractivity contribution in [1.29, 1.82) is 0 Å². The zero-order valence-electron chi connectivity index (χ0n) is 7.83. The van der Waals surface area contributed by atoms with Crippen molar-refractivity contribution in [3.05, 3.63) is 0 Å². The molecule has 0 rings (SSSR count). The normalized spacial score (nSPS) is 11.6. The number of rotatable bonds is 5. The van der Waals surface area contributed by atoms with Crippen LogP contribution in [0.25, 0.3) is 0 Å². The molecule has 1 unspecified atom stereocenters. The number of carboxylic acids is 1. The first kappa shape index (κ1) is 12.4. The fraction of sp³-hybridized carbons (Fsp3) is 0.571. The molecular weight excluding hydrogens is 190 g/mol. The average Bonchev–Trinajstić information content (AvgIpc) is 2.13. The van der Waals surface area contributed by atoms with Gasteiger partial charge in [-0.15, -0.1) is 0 Å². The fourth-order valence-corrected chi connectivity index (χ4v) is 0.692. The van der Waals surface area contributed by atoms with Gasteiger partial charge in [0.15, 0.2) is 6.54 Å². The molecule has 0 aliphatic carbocycles. The van der Waals surface area contributed by atoms with Gasteiger partial charge in [0.1, 0.15) is 6.04 Å². The lowest BCUT2D eigenvalue weighted by molar-refractivity contribution is -0.355. The van der Waals surface area contributed by atoms with Gasteiger partial charge in [-0.05, 0) is 6.92 Å². The van der Waals surface area contributed by atoms with Crippen LogP contribution in [-0.2, 0) is 14.4 Å². The van der Waals surface area contributed by atoms with Crippen LogP contribution in [0.4, 0.5) is 0 Å². The predicted octanol–water partition coefficient (Wildman–Crippen LogP) is -4.40. The molecule has 14 heavy (non-hydrogen) atoms. The van der Waals surface area contributed by atoms with Gasteiger partial charge in [0.25, 0.3) is 5.91 Å². The SMILES string of the molecule is CC(NC(=O)C[NH3+])C(=O)NCC(=O)[O-]. The molecule has 0 saturated heterocycles. The van der Waals surface area contributed by atoms with Crippen molar-refractivity contribution in [2.24, 2.45) is 0 Å². The molecule has 0 saturated carbocycles. The number of quaternary nitrogens is 1. The highest BCUT2D eigenvalue weighted by atomic mass is 16.4. The molecular formula is C7H13N3O4. The van der Waals surface area contributed by atoms with Gasteiger partial charge in [0.05, 0.1) is 12.5 Å². The summed E-state index contributed by atoms with van der Waals surface area (Å²) in [6.45, 7) is 0.902. The van der Waals surface area contributed by atoms with Gasteiger partial charge in [-0.2, -0.15) is 0 Å². The summed E-state index contributed by atoms with van der Waals surface area (Å²) in [5.74, 6) is -2.33.